The molecule has 0 aliphatic rings. The van der Waals surface area contributed by atoms with Gasteiger partial charge in [-0.2, -0.15) is 0 Å². The second kappa shape index (κ2) is 27.2. The number of aliphatic carboxylic acids is 1. The molecule has 4 nitrogen and oxygen atoms in total. The van der Waals surface area contributed by atoms with Crippen LogP contribution in [0.3, 0.4) is 0 Å². The van der Waals surface area contributed by atoms with Crippen LogP contribution in [0.15, 0.2) is 0 Å². The summed E-state index contributed by atoms with van der Waals surface area (Å²) in [6.07, 6.45) is 28.7. The summed E-state index contributed by atoms with van der Waals surface area (Å²) < 4.78 is 0. The summed E-state index contributed by atoms with van der Waals surface area (Å²) in [5.74, 6) is -1.29. The molecule has 5 heteroatoms. The zero-order valence-electron chi connectivity index (χ0n) is 21.9. The minimum atomic E-state index is -1.20. The Morgan fingerprint density at radius 3 is 1.12 bits per heavy atom. The van der Waals surface area contributed by atoms with Gasteiger partial charge in [-0.1, -0.05) is 135 Å². The number of unbranched alkanes of at least 4 members (excludes halogenated alkanes) is 20. The van der Waals surface area contributed by atoms with E-state index in [1.807, 2.05) is 0 Å². The van der Waals surface area contributed by atoms with Crippen LogP contribution in [-0.2, 0) is 9.59 Å². The number of hydrogen-bond acceptors (Lipinski definition) is 3. The number of nitrogens with zero attached hydrogens (tertiary/aromatic N) is 1. The molecule has 0 bridgehead atoms. The Labute approximate surface area is 222 Å². The average Bonchev–Trinajstić information content (AvgIpc) is 2.74. The average molecular weight is 462 g/mol. The first-order chi connectivity index (χ1) is 15.1. The Balaban J connectivity index is 0. The van der Waals surface area contributed by atoms with E-state index in [0.29, 0.717) is 6.42 Å². The molecular formula is C27H52NNaO3. The van der Waals surface area contributed by atoms with Crippen molar-refractivity contribution in [3.63, 3.8) is 0 Å². The SMILES string of the molecule is CCCCCCCCCCCCCCCCCCCCCCCC(=O)N(C)CC(=O)[O-].[Na+]. The maximum atomic E-state index is 11.7. The van der Waals surface area contributed by atoms with Crippen LogP contribution in [-0.4, -0.2) is 30.4 Å². The summed E-state index contributed by atoms with van der Waals surface area (Å²) >= 11 is 0. The van der Waals surface area contributed by atoms with Crippen molar-refractivity contribution in [3.05, 3.63) is 0 Å². The predicted molar refractivity (Wildman–Crippen MR) is 130 cm³/mol. The fraction of sp³-hybridized carbons (Fsp3) is 0.926. The molecule has 0 saturated carbocycles. The summed E-state index contributed by atoms with van der Waals surface area (Å²) in [4.78, 5) is 23.4. The van der Waals surface area contributed by atoms with Gasteiger partial charge in [0.2, 0.25) is 5.91 Å². The predicted octanol–water partition coefficient (Wildman–Crippen LogP) is 3.80. The third kappa shape index (κ3) is 26.2. The third-order valence-corrected chi connectivity index (χ3v) is 6.29. The van der Waals surface area contributed by atoms with Crippen LogP contribution >= 0.6 is 0 Å². The second-order valence-electron chi connectivity index (χ2n) is 9.44. The maximum Gasteiger partial charge on any atom is 1.00 e. The number of hydrogen-bond donors (Lipinski definition) is 0. The van der Waals surface area contributed by atoms with Crippen molar-refractivity contribution in [1.29, 1.82) is 0 Å². The summed E-state index contributed by atoms with van der Waals surface area (Å²) in [7, 11) is 1.52. The van der Waals surface area contributed by atoms with Gasteiger partial charge in [-0.3, -0.25) is 4.79 Å². The van der Waals surface area contributed by atoms with Crippen LogP contribution < -0.4 is 34.7 Å². The summed E-state index contributed by atoms with van der Waals surface area (Å²) in [5, 5.41) is 10.5. The molecular weight excluding hydrogens is 409 g/mol. The van der Waals surface area contributed by atoms with Crippen molar-refractivity contribution in [2.75, 3.05) is 13.6 Å². The molecule has 0 fully saturated rings. The number of likely N-dealkylation sites (N-methyl/N-ethyl adjacent to an activating group) is 1. The summed E-state index contributed by atoms with van der Waals surface area (Å²) in [6, 6.07) is 0. The van der Waals surface area contributed by atoms with Crippen LogP contribution in [0.1, 0.15) is 148 Å². The van der Waals surface area contributed by atoms with Gasteiger partial charge in [0.05, 0.1) is 12.5 Å². The maximum absolute atomic E-state index is 11.7. The summed E-state index contributed by atoms with van der Waals surface area (Å²) in [5.41, 5.74) is 0. The van der Waals surface area contributed by atoms with E-state index in [9.17, 15) is 14.7 Å². The van der Waals surface area contributed by atoms with E-state index < -0.39 is 5.97 Å². The fourth-order valence-corrected chi connectivity index (χ4v) is 4.18. The zero-order valence-corrected chi connectivity index (χ0v) is 23.9. The van der Waals surface area contributed by atoms with Crippen molar-refractivity contribution in [1.82, 2.24) is 4.90 Å². The Hall–Kier alpha value is -0.0600. The number of rotatable bonds is 24. The molecule has 0 spiro atoms. The molecule has 0 aromatic carbocycles. The molecule has 0 N–H and O–H groups in total. The molecule has 0 aliphatic heterocycles. The number of carboxylic acid groups (broad SMARTS) is 1. The van der Waals surface area contributed by atoms with Crippen molar-refractivity contribution >= 4 is 11.9 Å². The minimum absolute atomic E-state index is 0. The van der Waals surface area contributed by atoms with Crippen LogP contribution in [0.25, 0.3) is 0 Å². The van der Waals surface area contributed by atoms with Crippen molar-refractivity contribution in [3.8, 4) is 0 Å². The number of carbonyl (C=O) groups is 2. The molecule has 0 rings (SSSR count). The molecule has 32 heavy (non-hydrogen) atoms. The van der Waals surface area contributed by atoms with E-state index in [-0.39, 0.29) is 42.0 Å². The quantitative estimate of drug-likeness (QED) is 0.162. The topological polar surface area (TPSA) is 60.4 Å². The Kier molecular flexibility index (Phi) is 29.0. The van der Waals surface area contributed by atoms with Gasteiger partial charge in [-0.05, 0) is 6.42 Å². The molecule has 0 aromatic rings. The van der Waals surface area contributed by atoms with E-state index in [1.54, 1.807) is 0 Å². The van der Waals surface area contributed by atoms with E-state index in [1.165, 1.54) is 134 Å². The monoisotopic (exact) mass is 461 g/mol. The van der Waals surface area contributed by atoms with Crippen molar-refractivity contribution < 1.29 is 44.3 Å². The fourth-order valence-electron chi connectivity index (χ4n) is 4.18. The van der Waals surface area contributed by atoms with E-state index >= 15 is 0 Å². The van der Waals surface area contributed by atoms with Gasteiger partial charge < -0.3 is 14.8 Å². The zero-order chi connectivity index (χ0) is 23.0. The number of carbonyl (C=O) groups excluding carboxylic acids is 2. The van der Waals surface area contributed by atoms with E-state index in [0.717, 1.165) is 12.8 Å². The molecule has 0 aromatic heterocycles. The van der Waals surface area contributed by atoms with Crippen LogP contribution in [0.4, 0.5) is 0 Å². The van der Waals surface area contributed by atoms with E-state index in [4.69, 9.17) is 0 Å². The molecule has 0 saturated heterocycles. The molecule has 1 amide bonds. The first-order valence-corrected chi connectivity index (χ1v) is 13.5. The van der Waals surface area contributed by atoms with Gasteiger partial charge in [0.25, 0.3) is 0 Å². The standard InChI is InChI=1S/C27H53NO3.Na/c1-3-4-5-6-7-8-9-10-11-12-13-14-15-16-17-18-19-20-21-22-23-24-26(29)28(2)25-27(30)31;/h3-25H2,1-2H3,(H,30,31);/q;+1/p-1. The van der Waals surface area contributed by atoms with Crippen molar-refractivity contribution in [2.45, 2.75) is 148 Å². The van der Waals surface area contributed by atoms with Gasteiger partial charge in [0.1, 0.15) is 0 Å². The largest absolute Gasteiger partial charge is 1.00 e. The number of amides is 1. The van der Waals surface area contributed by atoms with Crippen molar-refractivity contribution in [2.24, 2.45) is 0 Å². The van der Waals surface area contributed by atoms with Crippen LogP contribution in [0, 0.1) is 0 Å². The molecule has 0 atom stereocenters. The molecule has 0 radical (unpaired) electrons. The third-order valence-electron chi connectivity index (χ3n) is 6.29. The van der Waals surface area contributed by atoms with Gasteiger partial charge in [0, 0.05) is 13.5 Å². The van der Waals surface area contributed by atoms with Gasteiger partial charge in [-0.15, -0.1) is 0 Å². The Bertz CT molecular complexity index is 418. The van der Waals surface area contributed by atoms with Gasteiger partial charge in [0.15, 0.2) is 0 Å². The second-order valence-corrected chi connectivity index (χ2v) is 9.44. The minimum Gasteiger partial charge on any atom is -0.548 e. The first kappa shape index (κ1) is 34.1. The van der Waals surface area contributed by atoms with E-state index in [2.05, 4.69) is 6.92 Å². The Morgan fingerprint density at radius 2 is 0.844 bits per heavy atom. The van der Waals surface area contributed by atoms with Gasteiger partial charge in [-0.25, -0.2) is 0 Å². The molecule has 0 heterocycles. The Morgan fingerprint density at radius 1 is 0.562 bits per heavy atom. The first-order valence-electron chi connectivity index (χ1n) is 13.5. The smallest absolute Gasteiger partial charge is 0.548 e. The number of carboxylic acids is 1. The van der Waals surface area contributed by atoms with Crippen LogP contribution in [0.2, 0.25) is 0 Å². The molecule has 0 aliphatic carbocycles. The summed E-state index contributed by atoms with van der Waals surface area (Å²) in [6.45, 7) is 1.97. The normalized spacial score (nSPS) is 10.7. The van der Waals surface area contributed by atoms with Gasteiger partial charge >= 0.3 is 29.6 Å². The van der Waals surface area contributed by atoms with Crippen LogP contribution in [0.5, 0.6) is 0 Å². The molecule has 184 valence electrons. The molecule has 0 unspecified atom stereocenters.